The SMILES string of the molecule is C[C@H]1[C@H]2C[C@H](C[C@H]1Nc1cnn(C3CCCC3)c(=O)c1Br)C2(C)C. The molecule has 4 aliphatic carbocycles. The van der Waals surface area contributed by atoms with Crippen molar-refractivity contribution in [3.63, 3.8) is 0 Å². The average molecular weight is 394 g/mol. The lowest BCUT2D eigenvalue weighted by atomic mass is 9.45. The number of halogens is 1. The monoisotopic (exact) mass is 393 g/mol. The number of fused-ring (bicyclic) bond motifs is 2. The normalized spacial score (nSPS) is 34.8. The predicted molar refractivity (Wildman–Crippen MR) is 100 cm³/mol. The van der Waals surface area contributed by atoms with Gasteiger partial charge >= 0.3 is 0 Å². The van der Waals surface area contributed by atoms with Gasteiger partial charge in [-0.3, -0.25) is 4.79 Å². The first-order chi connectivity index (χ1) is 11.4. The molecule has 0 aromatic carbocycles. The molecule has 4 nitrogen and oxygen atoms in total. The zero-order valence-electron chi connectivity index (χ0n) is 14.9. The Kier molecular flexibility index (Phi) is 4.06. The molecule has 4 atom stereocenters. The standard InChI is InChI=1S/C19H28BrN3O/c1-11-14-8-12(19(14,2)3)9-15(11)22-16-10-21-23(18(24)17(16)20)13-6-4-5-7-13/h10-15,22H,4-9H2,1-3H3/t11-,12+,14+,15+/m0/s1. The Labute approximate surface area is 152 Å². The van der Waals surface area contributed by atoms with E-state index >= 15 is 0 Å². The number of nitrogens with zero attached hydrogens (tertiary/aromatic N) is 2. The van der Waals surface area contributed by atoms with Gasteiger partial charge in [-0.05, 0) is 64.8 Å². The Hall–Kier alpha value is -0.840. The molecule has 0 aliphatic heterocycles. The predicted octanol–water partition coefficient (Wildman–Crippen LogP) is 4.60. The molecule has 1 aromatic heterocycles. The molecule has 1 aromatic rings. The summed E-state index contributed by atoms with van der Waals surface area (Å²) >= 11 is 3.54. The second kappa shape index (κ2) is 5.86. The molecule has 0 unspecified atom stereocenters. The lowest BCUT2D eigenvalue weighted by Gasteiger charge is -2.62. The molecular formula is C19H28BrN3O. The first kappa shape index (κ1) is 16.6. The molecule has 2 bridgehead atoms. The van der Waals surface area contributed by atoms with Gasteiger partial charge in [0.05, 0.1) is 17.9 Å². The maximum absolute atomic E-state index is 12.7. The molecule has 0 saturated heterocycles. The van der Waals surface area contributed by atoms with Crippen molar-refractivity contribution in [3.05, 3.63) is 21.0 Å². The lowest BCUT2D eigenvalue weighted by molar-refractivity contribution is -0.105. The first-order valence-electron chi connectivity index (χ1n) is 9.43. The van der Waals surface area contributed by atoms with Crippen LogP contribution in [0.15, 0.2) is 15.5 Å². The van der Waals surface area contributed by atoms with Crippen LogP contribution in [0.4, 0.5) is 5.69 Å². The van der Waals surface area contributed by atoms with Crippen LogP contribution in [0, 0.1) is 23.2 Å². The molecule has 4 aliphatic rings. The van der Waals surface area contributed by atoms with Gasteiger partial charge in [0.2, 0.25) is 0 Å². The summed E-state index contributed by atoms with van der Waals surface area (Å²) in [6.07, 6.45) is 8.97. The highest BCUT2D eigenvalue weighted by Gasteiger charge is 2.56. The highest BCUT2D eigenvalue weighted by molar-refractivity contribution is 9.10. The molecule has 1 N–H and O–H groups in total. The quantitative estimate of drug-likeness (QED) is 0.815. The summed E-state index contributed by atoms with van der Waals surface area (Å²) in [5, 5.41) is 8.12. The van der Waals surface area contributed by atoms with Crippen molar-refractivity contribution in [2.24, 2.45) is 23.2 Å². The summed E-state index contributed by atoms with van der Waals surface area (Å²) in [5.41, 5.74) is 1.37. The van der Waals surface area contributed by atoms with Crippen molar-refractivity contribution in [2.75, 3.05) is 5.32 Å². The number of hydrogen-bond donors (Lipinski definition) is 1. The molecule has 0 amide bonds. The van der Waals surface area contributed by atoms with Crippen molar-refractivity contribution < 1.29 is 0 Å². The largest absolute Gasteiger partial charge is 0.380 e. The molecule has 1 heterocycles. The smallest absolute Gasteiger partial charge is 0.283 e. The maximum atomic E-state index is 12.7. The first-order valence-corrected chi connectivity index (χ1v) is 10.2. The van der Waals surface area contributed by atoms with Gasteiger partial charge in [0, 0.05) is 6.04 Å². The molecule has 4 saturated carbocycles. The number of hydrogen-bond acceptors (Lipinski definition) is 3. The van der Waals surface area contributed by atoms with E-state index in [9.17, 15) is 4.79 Å². The van der Waals surface area contributed by atoms with Gasteiger partial charge in [0.15, 0.2) is 0 Å². The second-order valence-corrected chi connectivity index (χ2v) is 9.56. The lowest BCUT2D eigenvalue weighted by Crippen LogP contribution is -2.58. The fourth-order valence-corrected chi connectivity index (χ4v) is 5.89. The van der Waals surface area contributed by atoms with E-state index in [1.807, 2.05) is 6.20 Å². The van der Waals surface area contributed by atoms with Crippen LogP contribution in [-0.4, -0.2) is 15.8 Å². The zero-order valence-corrected chi connectivity index (χ0v) is 16.5. The van der Waals surface area contributed by atoms with Gasteiger partial charge in [-0.2, -0.15) is 5.10 Å². The van der Waals surface area contributed by atoms with Crippen LogP contribution in [0.3, 0.4) is 0 Å². The van der Waals surface area contributed by atoms with E-state index in [2.05, 4.69) is 47.1 Å². The molecule has 0 spiro atoms. The van der Waals surface area contributed by atoms with Crippen molar-refractivity contribution in [3.8, 4) is 0 Å². The van der Waals surface area contributed by atoms with E-state index in [1.54, 1.807) is 4.68 Å². The Morgan fingerprint density at radius 3 is 2.62 bits per heavy atom. The van der Waals surface area contributed by atoms with Crippen LogP contribution < -0.4 is 10.9 Å². The van der Waals surface area contributed by atoms with Gasteiger partial charge < -0.3 is 5.32 Å². The third-order valence-corrected chi connectivity index (χ3v) is 8.08. The highest BCUT2D eigenvalue weighted by Crippen LogP contribution is 2.61. The van der Waals surface area contributed by atoms with Crippen LogP contribution in [0.2, 0.25) is 0 Å². The van der Waals surface area contributed by atoms with E-state index in [4.69, 9.17) is 0 Å². The van der Waals surface area contributed by atoms with Gasteiger partial charge in [0.25, 0.3) is 5.56 Å². The number of rotatable bonds is 3. The summed E-state index contributed by atoms with van der Waals surface area (Å²) < 4.78 is 2.34. The Morgan fingerprint density at radius 2 is 2.00 bits per heavy atom. The minimum atomic E-state index is 0.0147. The van der Waals surface area contributed by atoms with Crippen LogP contribution in [0.25, 0.3) is 0 Å². The molecule has 5 rings (SSSR count). The number of nitrogens with one attached hydrogen (secondary N) is 1. The van der Waals surface area contributed by atoms with E-state index in [1.165, 1.54) is 25.7 Å². The Morgan fingerprint density at radius 1 is 1.29 bits per heavy atom. The van der Waals surface area contributed by atoms with Gasteiger partial charge in [0.1, 0.15) is 4.47 Å². The summed E-state index contributed by atoms with van der Waals surface area (Å²) in [5.74, 6) is 2.23. The summed E-state index contributed by atoms with van der Waals surface area (Å²) in [7, 11) is 0. The van der Waals surface area contributed by atoms with E-state index in [0.29, 0.717) is 21.8 Å². The van der Waals surface area contributed by atoms with E-state index in [-0.39, 0.29) is 11.6 Å². The summed E-state index contributed by atoms with van der Waals surface area (Å²) in [6.45, 7) is 7.19. The minimum Gasteiger partial charge on any atom is -0.380 e. The molecule has 24 heavy (non-hydrogen) atoms. The van der Waals surface area contributed by atoms with Gasteiger partial charge in [-0.25, -0.2) is 4.68 Å². The highest BCUT2D eigenvalue weighted by atomic mass is 79.9. The topological polar surface area (TPSA) is 46.9 Å². The fourth-order valence-electron chi connectivity index (χ4n) is 5.49. The van der Waals surface area contributed by atoms with Crippen LogP contribution in [0.1, 0.15) is 65.3 Å². The number of anilines is 1. The molecular weight excluding hydrogens is 366 g/mol. The minimum absolute atomic E-state index is 0.0147. The van der Waals surface area contributed by atoms with Crippen molar-refractivity contribution in [1.29, 1.82) is 0 Å². The van der Waals surface area contributed by atoms with Crippen molar-refractivity contribution in [1.82, 2.24) is 9.78 Å². The summed E-state index contributed by atoms with van der Waals surface area (Å²) in [6, 6.07) is 0.728. The molecule has 132 valence electrons. The fraction of sp³-hybridized carbons (Fsp3) is 0.789. The maximum Gasteiger partial charge on any atom is 0.283 e. The molecule has 4 fully saturated rings. The van der Waals surface area contributed by atoms with E-state index in [0.717, 1.165) is 30.4 Å². The average Bonchev–Trinajstić information content (AvgIpc) is 3.07. The van der Waals surface area contributed by atoms with Crippen molar-refractivity contribution in [2.45, 2.75) is 71.4 Å². The van der Waals surface area contributed by atoms with Crippen LogP contribution in [0.5, 0.6) is 0 Å². The van der Waals surface area contributed by atoms with Gasteiger partial charge in [-0.15, -0.1) is 0 Å². The van der Waals surface area contributed by atoms with Crippen LogP contribution in [-0.2, 0) is 0 Å². The Bertz CT molecular complexity index is 692. The van der Waals surface area contributed by atoms with E-state index < -0.39 is 0 Å². The zero-order chi connectivity index (χ0) is 17.1. The van der Waals surface area contributed by atoms with Gasteiger partial charge in [-0.1, -0.05) is 33.6 Å². The third-order valence-electron chi connectivity index (χ3n) is 7.31. The van der Waals surface area contributed by atoms with Crippen LogP contribution >= 0.6 is 15.9 Å². The molecule has 0 radical (unpaired) electrons. The molecule has 5 heteroatoms. The number of aromatic nitrogens is 2. The van der Waals surface area contributed by atoms with Crippen molar-refractivity contribution >= 4 is 21.6 Å². The second-order valence-electron chi connectivity index (χ2n) is 8.77. The third kappa shape index (κ3) is 2.46. The Balaban J connectivity index is 1.53. The summed E-state index contributed by atoms with van der Waals surface area (Å²) in [4.78, 5) is 12.7.